The van der Waals surface area contributed by atoms with Crippen molar-refractivity contribution in [2.24, 2.45) is 0 Å². The van der Waals surface area contributed by atoms with Crippen LogP contribution in [0.1, 0.15) is 25.0 Å². The fourth-order valence-corrected chi connectivity index (χ4v) is 4.05. The molecule has 0 N–H and O–H groups in total. The van der Waals surface area contributed by atoms with Gasteiger partial charge in [-0.05, 0) is 0 Å². The predicted molar refractivity (Wildman–Crippen MR) is 166 cm³/mol. The molecule has 0 unspecified atom stereocenters. The molecule has 0 heterocycles. The topological polar surface area (TPSA) is 0 Å². The molecule has 0 aliphatic carbocycles. The number of aryl methyl sites for hydroxylation is 2. The number of benzene rings is 4. The molecule has 0 bridgehead atoms. The second kappa shape index (κ2) is 21.2. The van der Waals surface area contributed by atoms with Crippen molar-refractivity contribution in [2.45, 2.75) is 39.8 Å². The summed E-state index contributed by atoms with van der Waals surface area (Å²) >= 11 is 0. The van der Waals surface area contributed by atoms with Crippen LogP contribution in [0.3, 0.4) is 0 Å². The standard InChI is InChI=1S/2C10H9.2C6H5.C4H10Si.Zr/c2*1-8-6-9-4-2-3-5-10(9)7-8;2*1-2-4-6-5-3-1;1-3-5-4-2;/h2*2-7H,1H3;2*1-5H;3-4H2,1-2H3;/q4*-1;;+4. The quantitative estimate of drug-likeness (QED) is 0.139. The summed E-state index contributed by atoms with van der Waals surface area (Å²) in [6.45, 7) is 8.70. The first kappa shape index (κ1) is 33.2. The Bertz CT molecular complexity index is 1110. The molecule has 0 saturated carbocycles. The fraction of sp³-hybridized carbons (Fsp3) is 0.167. The molecule has 2 radical (unpaired) electrons. The van der Waals surface area contributed by atoms with E-state index in [1.807, 2.05) is 60.7 Å². The van der Waals surface area contributed by atoms with E-state index in [0.717, 1.165) is 0 Å². The van der Waals surface area contributed by atoms with Gasteiger partial charge in [0.15, 0.2) is 0 Å². The Labute approximate surface area is 252 Å². The normalized spacial score (nSPS) is 9.16. The smallest absolute Gasteiger partial charge is 0.184 e. The molecule has 0 aliphatic heterocycles. The van der Waals surface area contributed by atoms with E-state index in [1.54, 1.807) is 0 Å². The van der Waals surface area contributed by atoms with Crippen LogP contribution in [0.2, 0.25) is 12.1 Å². The Morgan fingerprint density at radius 2 is 0.921 bits per heavy atom. The van der Waals surface area contributed by atoms with E-state index < -0.39 is 0 Å². The van der Waals surface area contributed by atoms with Crippen LogP contribution >= 0.6 is 0 Å². The van der Waals surface area contributed by atoms with Crippen molar-refractivity contribution < 1.29 is 26.2 Å². The zero-order valence-electron chi connectivity index (χ0n) is 23.1. The molecule has 0 nitrogen and oxygen atoms in total. The summed E-state index contributed by atoms with van der Waals surface area (Å²) < 4.78 is 0. The summed E-state index contributed by atoms with van der Waals surface area (Å²) in [6.07, 6.45) is 0. The van der Waals surface area contributed by atoms with E-state index in [0.29, 0.717) is 0 Å². The molecule has 38 heavy (non-hydrogen) atoms. The molecule has 6 aromatic carbocycles. The second-order valence-electron chi connectivity index (χ2n) is 8.44. The number of fused-ring (bicyclic) bond motifs is 2. The predicted octanol–water partition coefficient (Wildman–Crippen LogP) is 10.3. The summed E-state index contributed by atoms with van der Waals surface area (Å²) in [5.74, 6) is 0. The monoisotopic (exact) mass is 588 g/mol. The molecule has 0 amide bonds. The van der Waals surface area contributed by atoms with Crippen LogP contribution in [0, 0.1) is 26.0 Å². The third-order valence-electron chi connectivity index (χ3n) is 5.24. The molecule has 0 atom stereocenters. The summed E-state index contributed by atoms with van der Waals surface area (Å²) in [5.41, 5.74) is 2.70. The number of rotatable bonds is 2. The van der Waals surface area contributed by atoms with Gasteiger partial charge in [-0.3, -0.25) is 0 Å². The minimum atomic E-state index is 0. The first-order valence-corrected chi connectivity index (χ1v) is 14.3. The van der Waals surface area contributed by atoms with Gasteiger partial charge in [0.25, 0.3) is 0 Å². The molecular formula is C36H38SiZr. The molecule has 6 rings (SSSR count). The fourth-order valence-electron chi connectivity index (χ4n) is 3.55. The third kappa shape index (κ3) is 14.2. The Balaban J connectivity index is 0.000000244. The van der Waals surface area contributed by atoms with Crippen molar-refractivity contribution in [3.8, 4) is 0 Å². The van der Waals surface area contributed by atoms with Gasteiger partial charge in [-0.2, -0.15) is 84.9 Å². The summed E-state index contributed by atoms with van der Waals surface area (Å²) in [4.78, 5) is 0. The molecule has 190 valence electrons. The van der Waals surface area contributed by atoms with Gasteiger partial charge in [-0.1, -0.05) is 51.9 Å². The van der Waals surface area contributed by atoms with Crippen molar-refractivity contribution in [3.05, 3.63) is 157 Å². The summed E-state index contributed by atoms with van der Waals surface area (Å²) in [6, 6.07) is 53.4. The minimum Gasteiger partial charge on any atom is -0.184 e. The molecule has 0 fully saturated rings. The maximum absolute atomic E-state index is 2.89. The van der Waals surface area contributed by atoms with Crippen LogP contribution in [0.15, 0.2) is 133 Å². The summed E-state index contributed by atoms with van der Waals surface area (Å²) in [7, 11) is 1.20. The molecule has 2 heteroatoms. The van der Waals surface area contributed by atoms with E-state index in [9.17, 15) is 0 Å². The molecule has 6 aromatic rings. The Morgan fingerprint density at radius 1 is 0.553 bits per heavy atom. The number of hydrogen-bond acceptors (Lipinski definition) is 0. The minimum absolute atomic E-state index is 0. The maximum Gasteiger partial charge on any atom is 4.00 e. The van der Waals surface area contributed by atoms with Crippen molar-refractivity contribution in [2.75, 3.05) is 0 Å². The van der Waals surface area contributed by atoms with Gasteiger partial charge < -0.3 is 0 Å². The molecule has 0 saturated heterocycles. The molecule has 0 aromatic heterocycles. The van der Waals surface area contributed by atoms with Crippen LogP contribution in [-0.2, 0) is 26.2 Å². The Morgan fingerprint density at radius 3 is 1.16 bits per heavy atom. The van der Waals surface area contributed by atoms with E-state index in [4.69, 9.17) is 0 Å². The van der Waals surface area contributed by atoms with E-state index >= 15 is 0 Å². The second-order valence-corrected chi connectivity index (χ2v) is 10.3. The van der Waals surface area contributed by atoms with E-state index in [2.05, 4.69) is 113 Å². The van der Waals surface area contributed by atoms with Crippen molar-refractivity contribution in [3.63, 3.8) is 0 Å². The van der Waals surface area contributed by atoms with Crippen molar-refractivity contribution >= 4 is 31.1 Å². The largest absolute Gasteiger partial charge is 4.00 e. The Hall–Kier alpha value is -2.80. The van der Waals surface area contributed by atoms with Crippen LogP contribution in [0.4, 0.5) is 0 Å². The average Bonchev–Trinajstić information content (AvgIpc) is 3.53. The van der Waals surface area contributed by atoms with Gasteiger partial charge in [0.1, 0.15) is 0 Å². The van der Waals surface area contributed by atoms with Crippen molar-refractivity contribution in [1.29, 1.82) is 0 Å². The zero-order chi connectivity index (χ0) is 26.6. The maximum atomic E-state index is 2.89. The van der Waals surface area contributed by atoms with Crippen LogP contribution in [-0.4, -0.2) is 9.52 Å². The average molecular weight is 590 g/mol. The van der Waals surface area contributed by atoms with Gasteiger partial charge in [-0.25, -0.2) is 0 Å². The SMILES string of the molecule is CC[Si]CC.Cc1cc2ccccc2[cH-]1.Cc1cc2ccccc2[cH-]1.[Zr+4].[c-]1ccccc1.[c-]1ccccc1. The van der Waals surface area contributed by atoms with Gasteiger partial charge in [0.2, 0.25) is 0 Å². The van der Waals surface area contributed by atoms with E-state index in [-0.39, 0.29) is 26.2 Å². The molecule has 0 aliphatic rings. The van der Waals surface area contributed by atoms with Gasteiger partial charge in [-0.15, -0.1) is 81.2 Å². The van der Waals surface area contributed by atoms with E-state index in [1.165, 1.54) is 54.3 Å². The number of hydrogen-bond donors (Lipinski definition) is 0. The van der Waals surface area contributed by atoms with Gasteiger partial charge >= 0.3 is 26.2 Å². The van der Waals surface area contributed by atoms with Gasteiger partial charge in [0, 0.05) is 9.52 Å². The van der Waals surface area contributed by atoms with Crippen LogP contribution in [0.25, 0.3) is 21.5 Å². The van der Waals surface area contributed by atoms with Crippen LogP contribution in [0.5, 0.6) is 0 Å². The zero-order valence-corrected chi connectivity index (χ0v) is 26.6. The molecular weight excluding hydrogens is 552 g/mol. The molecule has 0 spiro atoms. The Kier molecular flexibility index (Phi) is 18.5. The van der Waals surface area contributed by atoms with Crippen molar-refractivity contribution in [1.82, 2.24) is 0 Å². The summed E-state index contributed by atoms with van der Waals surface area (Å²) in [5, 5.41) is 5.39. The first-order valence-electron chi connectivity index (χ1n) is 12.9. The van der Waals surface area contributed by atoms with Crippen LogP contribution < -0.4 is 0 Å². The first-order chi connectivity index (χ1) is 18.1. The van der Waals surface area contributed by atoms with Gasteiger partial charge in [0.05, 0.1) is 0 Å². The third-order valence-corrected chi connectivity index (χ3v) is 6.24.